The Kier molecular flexibility index (Phi) is 2.97. The number of imide groups is 1. The summed E-state index contributed by atoms with van der Waals surface area (Å²) in [6.45, 7) is 3.00. The van der Waals surface area contributed by atoms with Crippen LogP contribution in [0, 0.1) is 11.8 Å². The van der Waals surface area contributed by atoms with Gasteiger partial charge in [0.15, 0.2) is 0 Å². The number of amides is 2. The number of carbonyl (C=O) groups is 2. The van der Waals surface area contributed by atoms with Gasteiger partial charge in [0.1, 0.15) is 0 Å². The summed E-state index contributed by atoms with van der Waals surface area (Å²) in [4.78, 5) is 27.6. The van der Waals surface area contributed by atoms with Crippen LogP contribution in [0.25, 0.3) is 21.8 Å². The number of fused-ring (bicyclic) bond motifs is 8. The Hall–Kier alpha value is -2.66. The third kappa shape index (κ3) is 1.82. The van der Waals surface area contributed by atoms with E-state index in [2.05, 4.69) is 23.6 Å². The van der Waals surface area contributed by atoms with Crippen LogP contribution >= 0.6 is 0 Å². The first kappa shape index (κ1) is 15.4. The highest BCUT2D eigenvalue weighted by molar-refractivity contribution is 6.23. The molecule has 5 heteroatoms. The number of ether oxygens (including phenoxy) is 1. The third-order valence-electron chi connectivity index (χ3n) is 6.61. The lowest BCUT2D eigenvalue weighted by molar-refractivity contribution is -0.124. The third-order valence-corrected chi connectivity index (χ3v) is 6.61. The minimum atomic E-state index is -0.288. The van der Waals surface area contributed by atoms with Crippen LogP contribution in [-0.4, -0.2) is 28.6 Å². The highest BCUT2D eigenvalue weighted by Crippen LogP contribution is 2.49. The Bertz CT molecular complexity index is 1100. The summed E-state index contributed by atoms with van der Waals surface area (Å²) in [5.74, 6) is -0.751. The minimum absolute atomic E-state index is 0.0767. The maximum absolute atomic E-state index is 13.1. The van der Waals surface area contributed by atoms with Crippen LogP contribution in [0.1, 0.15) is 19.8 Å². The first-order chi connectivity index (χ1) is 13.2. The minimum Gasteiger partial charge on any atom is -0.373 e. The molecule has 4 atom stereocenters. The van der Waals surface area contributed by atoms with Crippen LogP contribution in [0.15, 0.2) is 42.5 Å². The number of anilines is 1. The number of hydrogen-bond donors (Lipinski definition) is 0. The van der Waals surface area contributed by atoms with E-state index in [1.54, 1.807) is 0 Å². The molecule has 1 aromatic heterocycles. The van der Waals surface area contributed by atoms with E-state index >= 15 is 0 Å². The van der Waals surface area contributed by atoms with Gasteiger partial charge in [-0.2, -0.15) is 0 Å². The molecule has 6 rings (SSSR count). The molecule has 2 bridgehead atoms. The largest absolute Gasteiger partial charge is 0.373 e. The normalized spacial score (nSPS) is 29.4. The van der Waals surface area contributed by atoms with Crippen LogP contribution in [0.2, 0.25) is 0 Å². The number of aryl methyl sites for hydroxylation is 1. The summed E-state index contributed by atoms with van der Waals surface area (Å²) in [6.07, 6.45) is 1.63. The molecule has 0 N–H and O–H groups in total. The Morgan fingerprint density at radius 1 is 0.926 bits per heavy atom. The van der Waals surface area contributed by atoms with Crippen LogP contribution in [0.3, 0.4) is 0 Å². The van der Waals surface area contributed by atoms with Gasteiger partial charge in [0.2, 0.25) is 11.8 Å². The summed E-state index contributed by atoms with van der Waals surface area (Å²) in [6, 6.07) is 14.2. The molecule has 27 heavy (non-hydrogen) atoms. The van der Waals surface area contributed by atoms with E-state index in [1.165, 1.54) is 10.4 Å². The lowest BCUT2D eigenvalue weighted by atomic mass is 9.81. The SMILES string of the molecule is CCn1c2ccccc2c2cc(N3C(=O)C4C5CCC(O5)C4C3=O)ccc21. The molecule has 2 aromatic carbocycles. The van der Waals surface area contributed by atoms with Gasteiger partial charge in [-0.3, -0.25) is 9.59 Å². The molecule has 0 spiro atoms. The van der Waals surface area contributed by atoms with Crippen molar-refractivity contribution in [3.63, 3.8) is 0 Å². The van der Waals surface area contributed by atoms with Gasteiger partial charge in [-0.15, -0.1) is 0 Å². The van der Waals surface area contributed by atoms with Gasteiger partial charge in [0.05, 0.1) is 29.7 Å². The van der Waals surface area contributed by atoms with E-state index in [0.29, 0.717) is 5.69 Å². The average molecular weight is 360 g/mol. The molecule has 0 aliphatic carbocycles. The van der Waals surface area contributed by atoms with Crippen molar-refractivity contribution in [1.82, 2.24) is 4.57 Å². The molecule has 5 nitrogen and oxygen atoms in total. The highest BCUT2D eigenvalue weighted by Gasteiger charge is 2.62. The quantitative estimate of drug-likeness (QED) is 0.658. The first-order valence-electron chi connectivity index (χ1n) is 9.73. The molecular formula is C22H20N2O3. The summed E-state index contributed by atoms with van der Waals surface area (Å²) in [5.41, 5.74) is 2.99. The predicted molar refractivity (Wildman–Crippen MR) is 102 cm³/mol. The molecule has 3 aliphatic rings. The van der Waals surface area contributed by atoms with Gasteiger partial charge in [0.25, 0.3) is 0 Å². The van der Waals surface area contributed by atoms with Crippen LogP contribution < -0.4 is 4.90 Å². The molecule has 3 fully saturated rings. The van der Waals surface area contributed by atoms with Crippen LogP contribution in [0.5, 0.6) is 0 Å². The van der Waals surface area contributed by atoms with Crippen LogP contribution in [0.4, 0.5) is 5.69 Å². The number of para-hydroxylation sites is 1. The molecule has 4 unspecified atom stereocenters. The molecule has 3 saturated heterocycles. The van der Waals surface area contributed by atoms with E-state index in [4.69, 9.17) is 4.74 Å². The second-order valence-electron chi connectivity index (χ2n) is 7.82. The van der Waals surface area contributed by atoms with E-state index in [0.717, 1.165) is 35.7 Å². The summed E-state index contributed by atoms with van der Waals surface area (Å²) in [5, 5.41) is 2.24. The smallest absolute Gasteiger partial charge is 0.240 e. The van der Waals surface area contributed by atoms with Gasteiger partial charge in [-0.05, 0) is 44.0 Å². The molecular weight excluding hydrogens is 340 g/mol. The predicted octanol–water partition coefficient (Wildman–Crippen LogP) is 3.48. The van der Waals surface area contributed by atoms with Crippen molar-refractivity contribution < 1.29 is 14.3 Å². The molecule has 0 saturated carbocycles. The van der Waals surface area contributed by atoms with Crippen molar-refractivity contribution in [2.24, 2.45) is 11.8 Å². The lowest BCUT2D eigenvalue weighted by Crippen LogP contribution is -2.34. The van der Waals surface area contributed by atoms with Gasteiger partial charge in [-0.25, -0.2) is 4.90 Å². The fourth-order valence-electron chi connectivity index (χ4n) is 5.49. The summed E-state index contributed by atoms with van der Waals surface area (Å²) in [7, 11) is 0. The number of carbonyl (C=O) groups excluding carboxylic acids is 2. The van der Waals surface area contributed by atoms with Crippen molar-refractivity contribution in [2.45, 2.75) is 38.5 Å². The zero-order chi connectivity index (χ0) is 18.3. The number of rotatable bonds is 2. The van der Waals surface area contributed by atoms with E-state index in [9.17, 15) is 9.59 Å². The maximum atomic E-state index is 13.1. The van der Waals surface area contributed by atoms with E-state index < -0.39 is 0 Å². The standard InChI is InChI=1S/C22H20N2O3/c1-2-23-15-6-4-3-5-13(15)14-11-12(7-8-16(14)23)24-21(25)19-17-9-10-18(27-17)20(19)22(24)26/h3-8,11,17-20H,2,9-10H2,1H3. The maximum Gasteiger partial charge on any atom is 0.240 e. The second kappa shape index (κ2) is 5.20. The molecule has 136 valence electrons. The van der Waals surface area contributed by atoms with E-state index in [-0.39, 0.29) is 35.9 Å². The molecule has 2 amide bonds. The zero-order valence-corrected chi connectivity index (χ0v) is 15.1. The Balaban J connectivity index is 1.51. The van der Waals surface area contributed by atoms with Crippen molar-refractivity contribution in [2.75, 3.05) is 4.90 Å². The fraction of sp³-hybridized carbons (Fsp3) is 0.364. The number of benzene rings is 2. The van der Waals surface area contributed by atoms with Crippen molar-refractivity contribution in [3.8, 4) is 0 Å². The van der Waals surface area contributed by atoms with E-state index in [1.807, 2.05) is 30.3 Å². The second-order valence-corrected chi connectivity index (χ2v) is 7.82. The van der Waals surface area contributed by atoms with Crippen LogP contribution in [-0.2, 0) is 20.9 Å². The molecule has 3 aromatic rings. The Labute approximate surface area is 156 Å². The van der Waals surface area contributed by atoms with Gasteiger partial charge in [0, 0.05) is 28.4 Å². The molecule has 3 aliphatic heterocycles. The Morgan fingerprint density at radius 2 is 1.59 bits per heavy atom. The number of aromatic nitrogens is 1. The highest BCUT2D eigenvalue weighted by atomic mass is 16.5. The summed E-state index contributed by atoms with van der Waals surface area (Å²) >= 11 is 0. The molecule has 0 radical (unpaired) electrons. The average Bonchev–Trinajstić information content (AvgIpc) is 3.43. The lowest BCUT2D eigenvalue weighted by Gasteiger charge is -2.17. The Morgan fingerprint density at radius 3 is 2.30 bits per heavy atom. The fourth-order valence-corrected chi connectivity index (χ4v) is 5.49. The summed E-state index contributed by atoms with van der Waals surface area (Å²) < 4.78 is 8.11. The van der Waals surface area contributed by atoms with Crippen molar-refractivity contribution in [3.05, 3.63) is 42.5 Å². The van der Waals surface area contributed by atoms with Gasteiger partial charge >= 0.3 is 0 Å². The zero-order valence-electron chi connectivity index (χ0n) is 15.1. The first-order valence-corrected chi connectivity index (χ1v) is 9.73. The molecule has 4 heterocycles. The number of hydrogen-bond acceptors (Lipinski definition) is 3. The van der Waals surface area contributed by atoms with Crippen molar-refractivity contribution in [1.29, 1.82) is 0 Å². The monoisotopic (exact) mass is 360 g/mol. The topological polar surface area (TPSA) is 51.5 Å². The number of nitrogens with zero attached hydrogens (tertiary/aromatic N) is 2. The van der Waals surface area contributed by atoms with Crippen molar-refractivity contribution >= 4 is 39.3 Å². The van der Waals surface area contributed by atoms with Gasteiger partial charge < -0.3 is 9.30 Å². The van der Waals surface area contributed by atoms with Gasteiger partial charge in [-0.1, -0.05) is 18.2 Å².